The second-order valence-corrected chi connectivity index (χ2v) is 9.40. The molecule has 2 heterocycles. The van der Waals surface area contributed by atoms with Crippen LogP contribution in [-0.2, 0) is 16.0 Å². The quantitative estimate of drug-likeness (QED) is 0.392. The average molecular weight is 526 g/mol. The van der Waals surface area contributed by atoms with Crippen molar-refractivity contribution >= 4 is 40.6 Å². The Morgan fingerprint density at radius 2 is 1.95 bits per heavy atom. The molecule has 1 aliphatic heterocycles. The first-order chi connectivity index (χ1) is 17.8. The fraction of sp³-hybridized carbons (Fsp3) is 0.308. The van der Waals surface area contributed by atoms with Gasteiger partial charge in [-0.05, 0) is 60.1 Å². The average Bonchev–Trinajstić information content (AvgIpc) is 3.56. The van der Waals surface area contributed by atoms with Crippen molar-refractivity contribution in [1.82, 2.24) is 9.69 Å². The Morgan fingerprint density at radius 1 is 1.22 bits per heavy atom. The highest BCUT2D eigenvalue weighted by Crippen LogP contribution is 2.35. The molecule has 11 heteroatoms. The molecule has 1 aliphatic rings. The lowest BCUT2D eigenvalue weighted by atomic mass is 10.00. The molecule has 0 unspecified atom stereocenters. The number of amides is 3. The van der Waals surface area contributed by atoms with Crippen molar-refractivity contribution < 1.29 is 23.5 Å². The topological polar surface area (TPSA) is 141 Å². The fourth-order valence-corrected chi connectivity index (χ4v) is 5.07. The summed E-state index contributed by atoms with van der Waals surface area (Å²) in [5, 5.41) is 2.90. The molecule has 1 saturated heterocycles. The number of para-hydroxylation sites is 1. The summed E-state index contributed by atoms with van der Waals surface area (Å²) in [7, 11) is 0. The first kappa shape index (κ1) is 26.2. The van der Waals surface area contributed by atoms with E-state index in [2.05, 4.69) is 9.69 Å². The van der Waals surface area contributed by atoms with Crippen molar-refractivity contribution in [2.24, 2.45) is 5.73 Å². The van der Waals surface area contributed by atoms with Crippen LogP contribution in [-0.4, -0.2) is 41.4 Å². The summed E-state index contributed by atoms with van der Waals surface area (Å²) in [6.07, 6.45) is 2.16. The molecule has 3 aromatic rings. The van der Waals surface area contributed by atoms with E-state index >= 15 is 0 Å². The zero-order valence-corrected chi connectivity index (χ0v) is 21.1. The van der Waals surface area contributed by atoms with Crippen LogP contribution in [0.5, 0.6) is 0 Å². The molecule has 2 atom stereocenters. The number of rotatable bonds is 9. The molecule has 194 valence electrons. The number of aryl methyl sites for hydroxylation is 1. The van der Waals surface area contributed by atoms with Crippen LogP contribution in [0.3, 0.4) is 0 Å². The maximum absolute atomic E-state index is 14.1. The summed E-state index contributed by atoms with van der Waals surface area (Å²) >= 11 is 0.731. The summed E-state index contributed by atoms with van der Waals surface area (Å²) in [6.45, 7) is 2.82. The number of halogens is 1. The van der Waals surface area contributed by atoms with Gasteiger partial charge in [0.15, 0.2) is 5.69 Å². The number of primary amides is 1. The van der Waals surface area contributed by atoms with Gasteiger partial charge in [-0.2, -0.15) is 4.37 Å². The Hall–Kier alpha value is -3.83. The van der Waals surface area contributed by atoms with Gasteiger partial charge >= 0.3 is 0 Å². The van der Waals surface area contributed by atoms with Gasteiger partial charge in [-0.1, -0.05) is 37.3 Å². The van der Waals surface area contributed by atoms with Crippen molar-refractivity contribution in [3.05, 3.63) is 76.0 Å². The minimum atomic E-state index is -1.18. The highest BCUT2D eigenvalue weighted by atomic mass is 32.1. The zero-order chi connectivity index (χ0) is 26.5. The molecule has 1 aromatic heterocycles. The van der Waals surface area contributed by atoms with Crippen LogP contribution in [0.15, 0.2) is 48.5 Å². The van der Waals surface area contributed by atoms with Crippen LogP contribution in [0, 0.1) is 5.82 Å². The number of nitrogens with one attached hydrogen (secondary N) is 1. The predicted octanol–water partition coefficient (Wildman–Crippen LogP) is 3.21. The molecular weight excluding hydrogens is 497 g/mol. The molecule has 37 heavy (non-hydrogen) atoms. The smallest absolute Gasteiger partial charge is 0.273 e. The fourth-order valence-electron chi connectivity index (χ4n) is 4.33. The van der Waals surface area contributed by atoms with Crippen LogP contribution in [0.25, 0.3) is 0 Å². The summed E-state index contributed by atoms with van der Waals surface area (Å²) in [5.41, 5.74) is 12.8. The highest BCUT2D eigenvalue weighted by molar-refractivity contribution is 7.09. The minimum Gasteiger partial charge on any atom is -0.395 e. The molecule has 2 aromatic carbocycles. The number of aromatic nitrogens is 1. The molecule has 4 rings (SSSR count). The Balaban J connectivity index is 1.84. The number of hydrogen-bond acceptors (Lipinski definition) is 7. The third-order valence-corrected chi connectivity index (χ3v) is 7.08. The van der Waals surface area contributed by atoms with Crippen molar-refractivity contribution in [3.63, 3.8) is 0 Å². The molecule has 5 N–H and O–H groups in total. The van der Waals surface area contributed by atoms with E-state index in [0.717, 1.165) is 29.9 Å². The standard InChI is InChI=1S/C26H28FN5O4S/c1-2-15-6-3-4-8-19(15)32(26(35)23-20(28)21(24(29)33)31-37-23)22(16-9-11-17(27)12-10-16)25(34)30-14-18-7-5-13-36-18/h3-4,6,8-12,18,22H,2,5,7,13-14,28H2,1H3,(H2,29,33)(H,30,34)/t18-,22+/m1/s1. The van der Waals surface area contributed by atoms with Gasteiger partial charge in [0, 0.05) is 18.8 Å². The van der Waals surface area contributed by atoms with Gasteiger partial charge in [-0.15, -0.1) is 0 Å². The van der Waals surface area contributed by atoms with Crippen LogP contribution in [0.2, 0.25) is 0 Å². The predicted molar refractivity (Wildman–Crippen MR) is 139 cm³/mol. The maximum atomic E-state index is 14.1. The first-order valence-corrected chi connectivity index (χ1v) is 12.7. The number of nitrogens with two attached hydrogens (primary N) is 2. The van der Waals surface area contributed by atoms with Crippen molar-refractivity contribution in [1.29, 1.82) is 0 Å². The number of ether oxygens (including phenoxy) is 1. The van der Waals surface area contributed by atoms with Crippen LogP contribution in [0.4, 0.5) is 15.8 Å². The molecular formula is C26H28FN5O4S. The number of benzene rings is 2. The second-order valence-electron chi connectivity index (χ2n) is 8.63. The lowest BCUT2D eigenvalue weighted by Gasteiger charge is -2.33. The summed E-state index contributed by atoms with van der Waals surface area (Å²) in [4.78, 5) is 40.9. The van der Waals surface area contributed by atoms with Gasteiger partial charge in [0.05, 0.1) is 11.8 Å². The highest BCUT2D eigenvalue weighted by Gasteiger charge is 2.37. The van der Waals surface area contributed by atoms with Gasteiger partial charge in [-0.3, -0.25) is 19.3 Å². The summed E-state index contributed by atoms with van der Waals surface area (Å²) < 4.78 is 23.4. The van der Waals surface area contributed by atoms with Crippen LogP contribution >= 0.6 is 11.5 Å². The van der Waals surface area contributed by atoms with Gasteiger partial charge in [0.25, 0.3) is 11.8 Å². The SMILES string of the molecule is CCc1ccccc1N(C(=O)c1snc(C(N)=O)c1N)[C@H](C(=O)NC[C@H]1CCCO1)c1ccc(F)cc1. The number of carbonyl (C=O) groups excluding carboxylic acids is 3. The number of anilines is 2. The van der Waals surface area contributed by atoms with Gasteiger partial charge < -0.3 is 21.5 Å². The van der Waals surface area contributed by atoms with E-state index in [0.29, 0.717) is 24.3 Å². The molecule has 1 fully saturated rings. The van der Waals surface area contributed by atoms with Crippen molar-refractivity contribution in [2.45, 2.75) is 38.3 Å². The number of hydrogen-bond donors (Lipinski definition) is 3. The van der Waals surface area contributed by atoms with E-state index in [1.807, 2.05) is 19.1 Å². The zero-order valence-electron chi connectivity index (χ0n) is 20.3. The monoisotopic (exact) mass is 525 g/mol. The molecule has 0 saturated carbocycles. The minimum absolute atomic E-state index is 0.0289. The van der Waals surface area contributed by atoms with E-state index in [9.17, 15) is 18.8 Å². The third-order valence-electron chi connectivity index (χ3n) is 6.23. The largest absolute Gasteiger partial charge is 0.395 e. The maximum Gasteiger partial charge on any atom is 0.273 e. The van der Waals surface area contributed by atoms with E-state index < -0.39 is 29.6 Å². The molecule has 0 radical (unpaired) electrons. The normalized spacial score (nSPS) is 15.8. The van der Waals surface area contributed by atoms with E-state index in [4.69, 9.17) is 16.2 Å². The van der Waals surface area contributed by atoms with E-state index in [1.54, 1.807) is 12.1 Å². The first-order valence-electron chi connectivity index (χ1n) is 11.9. The Labute approximate surface area is 217 Å². The van der Waals surface area contributed by atoms with Gasteiger partial charge in [-0.25, -0.2) is 4.39 Å². The number of nitrogens with zero attached hydrogens (tertiary/aromatic N) is 2. The van der Waals surface area contributed by atoms with Gasteiger partial charge in [0.1, 0.15) is 16.7 Å². The second kappa shape index (κ2) is 11.5. The lowest BCUT2D eigenvalue weighted by molar-refractivity contribution is -0.123. The Bertz CT molecular complexity index is 1290. The molecule has 9 nitrogen and oxygen atoms in total. The third kappa shape index (κ3) is 5.62. The van der Waals surface area contributed by atoms with E-state index in [-0.39, 0.29) is 28.9 Å². The van der Waals surface area contributed by atoms with Crippen LogP contribution in [0.1, 0.15) is 57.1 Å². The number of carbonyl (C=O) groups is 3. The molecule has 0 spiro atoms. The summed E-state index contributed by atoms with van der Waals surface area (Å²) in [6, 6.07) is 11.4. The van der Waals surface area contributed by atoms with E-state index in [1.165, 1.54) is 29.2 Å². The Morgan fingerprint density at radius 3 is 2.57 bits per heavy atom. The van der Waals surface area contributed by atoms with Gasteiger partial charge in [0.2, 0.25) is 5.91 Å². The molecule has 0 aliphatic carbocycles. The molecule has 0 bridgehead atoms. The van der Waals surface area contributed by atoms with Crippen molar-refractivity contribution in [2.75, 3.05) is 23.8 Å². The summed E-state index contributed by atoms with van der Waals surface area (Å²) in [5.74, 6) is -2.45. The van der Waals surface area contributed by atoms with Crippen LogP contribution < -0.4 is 21.7 Å². The molecule has 3 amide bonds. The Kier molecular flexibility index (Phi) is 8.14. The van der Waals surface area contributed by atoms with Crippen molar-refractivity contribution in [3.8, 4) is 0 Å². The lowest BCUT2D eigenvalue weighted by Crippen LogP contribution is -2.46. The number of nitrogen functional groups attached to an aromatic ring is 1.